The van der Waals surface area contributed by atoms with Gasteiger partial charge in [-0.1, -0.05) is 0 Å². The van der Waals surface area contributed by atoms with Crippen LogP contribution in [0.2, 0.25) is 0 Å². The molecule has 5 N–H and O–H groups in total. The molecule has 13 heteroatoms. The maximum atomic E-state index is 11.9. The second-order valence-corrected chi connectivity index (χ2v) is 8.56. The lowest BCUT2D eigenvalue weighted by Gasteiger charge is -2.08. The number of rotatable bonds is 6. The smallest absolute Gasteiger partial charge is 0.398 e. The lowest BCUT2D eigenvalue weighted by Crippen LogP contribution is -2.13. The molecule has 0 aliphatic carbocycles. The number of sulfone groups is 1. The number of anilines is 1. The molecular weight excluding hydrogens is 349 g/mol. The Balaban J connectivity index is 3.08. The van der Waals surface area contributed by atoms with Crippen LogP contribution in [0.5, 0.6) is 0 Å². The molecule has 21 heavy (non-hydrogen) atoms. The van der Waals surface area contributed by atoms with E-state index in [-0.39, 0.29) is 5.69 Å². The lowest BCUT2D eigenvalue weighted by atomic mass is 10.3. The molecule has 1 rings (SSSR count). The fraction of sp³-hybridized carbons (Fsp3) is 0.250. The summed E-state index contributed by atoms with van der Waals surface area (Å²) >= 11 is 0. The van der Waals surface area contributed by atoms with Crippen molar-refractivity contribution in [1.82, 2.24) is 0 Å². The van der Waals surface area contributed by atoms with Crippen molar-refractivity contribution in [3.8, 4) is 0 Å². The van der Waals surface area contributed by atoms with E-state index in [2.05, 4.69) is 4.52 Å². The summed E-state index contributed by atoms with van der Waals surface area (Å²) in [4.78, 5) is 15.6. The van der Waals surface area contributed by atoms with E-state index in [9.17, 15) is 21.4 Å². The van der Waals surface area contributed by atoms with Crippen molar-refractivity contribution in [2.24, 2.45) is 0 Å². The van der Waals surface area contributed by atoms with Crippen molar-refractivity contribution in [2.45, 2.75) is 9.79 Å². The molecule has 1 aromatic rings. The van der Waals surface area contributed by atoms with Gasteiger partial charge in [0.15, 0.2) is 9.84 Å². The summed E-state index contributed by atoms with van der Waals surface area (Å²) in [5.41, 5.74) is 4.97. The minimum Gasteiger partial charge on any atom is -0.398 e. The van der Waals surface area contributed by atoms with E-state index in [1.54, 1.807) is 0 Å². The van der Waals surface area contributed by atoms with Gasteiger partial charge in [0.25, 0.3) is 10.1 Å². The van der Waals surface area contributed by atoms with Gasteiger partial charge in [0.05, 0.1) is 22.9 Å². The van der Waals surface area contributed by atoms with Crippen molar-refractivity contribution < 1.29 is 40.3 Å². The standard InChI is InChI=1S/C8H12NO9PS2/c9-7-2-1-6(5-8(7)21(15,16)17)20(13,14)4-3-18-19(10,11)12/h1-2,5H,3-4,9H2,(H2,10,11,12)(H,15,16,17). The summed E-state index contributed by atoms with van der Waals surface area (Å²) in [5, 5.41) is 0. The zero-order valence-electron chi connectivity index (χ0n) is 10.3. The molecule has 0 spiro atoms. The molecule has 120 valence electrons. The van der Waals surface area contributed by atoms with E-state index in [1.165, 1.54) is 0 Å². The van der Waals surface area contributed by atoms with Crippen LogP contribution in [0.1, 0.15) is 0 Å². The van der Waals surface area contributed by atoms with Gasteiger partial charge in [-0.15, -0.1) is 0 Å². The molecular formula is C8H12NO9PS2. The molecule has 0 radical (unpaired) electrons. The van der Waals surface area contributed by atoms with Crippen molar-refractivity contribution in [3.05, 3.63) is 18.2 Å². The Kier molecular flexibility index (Phi) is 5.16. The Labute approximate surface area is 120 Å². The van der Waals surface area contributed by atoms with Gasteiger partial charge in [-0.05, 0) is 18.2 Å². The van der Waals surface area contributed by atoms with Gasteiger partial charge in [-0.25, -0.2) is 13.0 Å². The molecule has 0 atom stereocenters. The SMILES string of the molecule is Nc1ccc(S(=O)(=O)CCOP(=O)(O)O)cc1S(=O)(=O)O. The average Bonchev–Trinajstić information content (AvgIpc) is 2.25. The highest BCUT2D eigenvalue weighted by molar-refractivity contribution is 7.91. The van der Waals surface area contributed by atoms with Crippen molar-refractivity contribution in [1.29, 1.82) is 0 Å². The van der Waals surface area contributed by atoms with Gasteiger partial charge in [0.1, 0.15) is 4.90 Å². The van der Waals surface area contributed by atoms with Gasteiger partial charge < -0.3 is 15.5 Å². The summed E-state index contributed by atoms with van der Waals surface area (Å²) in [7, 11) is -13.6. The zero-order valence-corrected chi connectivity index (χ0v) is 12.8. The van der Waals surface area contributed by atoms with E-state index in [0.717, 1.165) is 12.1 Å². The minimum absolute atomic E-state index is 0.345. The zero-order chi connectivity index (χ0) is 16.5. The Morgan fingerprint density at radius 2 is 1.76 bits per heavy atom. The van der Waals surface area contributed by atoms with Crippen LogP contribution < -0.4 is 5.73 Å². The van der Waals surface area contributed by atoms with Crippen LogP contribution in [-0.2, 0) is 29.0 Å². The fourth-order valence-corrected chi connectivity index (χ4v) is 3.60. The Morgan fingerprint density at radius 3 is 2.24 bits per heavy atom. The van der Waals surface area contributed by atoms with Gasteiger partial charge >= 0.3 is 7.82 Å². The first kappa shape index (κ1) is 18.0. The van der Waals surface area contributed by atoms with Crippen LogP contribution in [0.25, 0.3) is 0 Å². The molecule has 0 fully saturated rings. The van der Waals surface area contributed by atoms with Crippen LogP contribution in [-0.4, -0.2) is 43.5 Å². The van der Waals surface area contributed by atoms with Crippen molar-refractivity contribution >= 4 is 33.5 Å². The number of hydrogen-bond donors (Lipinski definition) is 4. The highest BCUT2D eigenvalue weighted by atomic mass is 32.2. The number of benzene rings is 1. The minimum atomic E-state index is -4.81. The topological polar surface area (TPSA) is 181 Å². The van der Waals surface area contributed by atoms with Crippen LogP contribution in [0.4, 0.5) is 5.69 Å². The van der Waals surface area contributed by atoms with Crippen LogP contribution in [0.3, 0.4) is 0 Å². The van der Waals surface area contributed by atoms with E-state index < -0.39 is 49.9 Å². The number of phosphoric acid groups is 1. The lowest BCUT2D eigenvalue weighted by molar-refractivity contribution is 0.207. The quantitative estimate of drug-likeness (QED) is 0.290. The van der Waals surface area contributed by atoms with Gasteiger partial charge in [-0.3, -0.25) is 9.08 Å². The highest BCUT2D eigenvalue weighted by Gasteiger charge is 2.22. The molecule has 0 aliphatic heterocycles. The predicted molar refractivity (Wildman–Crippen MR) is 70.7 cm³/mol. The number of nitrogens with two attached hydrogens (primary N) is 1. The van der Waals surface area contributed by atoms with Gasteiger partial charge in [0, 0.05) is 0 Å². The van der Waals surface area contributed by atoms with Gasteiger partial charge in [0.2, 0.25) is 0 Å². The Hall–Kier alpha value is -1.01. The molecule has 0 aromatic heterocycles. The fourth-order valence-electron chi connectivity index (χ4n) is 1.32. The summed E-state index contributed by atoms with van der Waals surface area (Å²) in [6.45, 7) is -0.793. The first-order valence-electron chi connectivity index (χ1n) is 5.13. The number of hydrogen-bond acceptors (Lipinski definition) is 7. The van der Waals surface area contributed by atoms with Crippen LogP contribution in [0, 0.1) is 0 Å². The highest BCUT2D eigenvalue weighted by Crippen LogP contribution is 2.35. The first-order chi connectivity index (χ1) is 9.33. The summed E-state index contributed by atoms with van der Waals surface area (Å²) in [5.74, 6) is -0.799. The molecule has 1 aromatic carbocycles. The predicted octanol–water partition coefficient (Wildman–Crippen LogP) is -0.601. The molecule has 0 heterocycles. The van der Waals surface area contributed by atoms with Crippen LogP contribution >= 0.6 is 7.82 Å². The van der Waals surface area contributed by atoms with Crippen molar-refractivity contribution in [3.63, 3.8) is 0 Å². The summed E-state index contributed by atoms with van der Waals surface area (Å²) < 4.78 is 69.1. The maximum Gasteiger partial charge on any atom is 0.469 e. The second kappa shape index (κ2) is 6.01. The molecule has 0 aliphatic rings. The third-order valence-electron chi connectivity index (χ3n) is 2.23. The largest absolute Gasteiger partial charge is 0.469 e. The molecule has 0 amide bonds. The van der Waals surface area contributed by atoms with Crippen molar-refractivity contribution in [2.75, 3.05) is 18.1 Å². The molecule has 0 bridgehead atoms. The Bertz CT molecular complexity index is 780. The maximum absolute atomic E-state index is 11.9. The number of phosphoric ester groups is 1. The van der Waals surface area contributed by atoms with E-state index in [1.807, 2.05) is 0 Å². The van der Waals surface area contributed by atoms with Crippen LogP contribution in [0.15, 0.2) is 28.0 Å². The normalized spacial score (nSPS) is 13.3. The molecule has 10 nitrogen and oxygen atoms in total. The Morgan fingerprint density at radius 1 is 1.19 bits per heavy atom. The van der Waals surface area contributed by atoms with E-state index in [4.69, 9.17) is 20.1 Å². The van der Waals surface area contributed by atoms with E-state index in [0.29, 0.717) is 6.07 Å². The molecule has 0 unspecified atom stereocenters. The molecule has 0 saturated heterocycles. The third kappa shape index (κ3) is 5.36. The third-order valence-corrected chi connectivity index (χ3v) is 5.34. The molecule has 0 saturated carbocycles. The monoisotopic (exact) mass is 361 g/mol. The van der Waals surface area contributed by atoms with Gasteiger partial charge in [-0.2, -0.15) is 8.42 Å². The summed E-state index contributed by atoms with van der Waals surface area (Å²) in [6.07, 6.45) is 0. The second-order valence-electron chi connectivity index (χ2n) is 3.82. The first-order valence-corrected chi connectivity index (χ1v) is 9.75. The average molecular weight is 361 g/mol. The summed E-state index contributed by atoms with van der Waals surface area (Å²) in [6, 6.07) is 2.62. The number of nitrogen functional groups attached to an aromatic ring is 1. The van der Waals surface area contributed by atoms with E-state index >= 15 is 0 Å².